The molecule has 2 atom stereocenters. The number of rotatable bonds is 5. The van der Waals surface area contributed by atoms with Crippen molar-refractivity contribution in [2.45, 2.75) is 29.9 Å². The summed E-state index contributed by atoms with van der Waals surface area (Å²) < 4.78 is 32.5. The van der Waals surface area contributed by atoms with Crippen LogP contribution in [0, 0.1) is 0 Å². The van der Waals surface area contributed by atoms with Crippen molar-refractivity contribution >= 4 is 26.0 Å². The summed E-state index contributed by atoms with van der Waals surface area (Å²) in [7, 11) is -3.66. The Hall–Kier alpha value is -1.15. The monoisotopic (exact) mass is 371 g/mol. The zero-order valence-electron chi connectivity index (χ0n) is 11.0. The van der Waals surface area contributed by atoms with Crippen LogP contribution in [0.25, 0.3) is 0 Å². The predicted octanol–water partition coefficient (Wildman–Crippen LogP) is 2.37. The third-order valence-corrected chi connectivity index (χ3v) is 5.82. The van der Waals surface area contributed by atoms with Crippen LogP contribution in [-0.4, -0.2) is 19.6 Å². The van der Waals surface area contributed by atoms with E-state index in [4.69, 9.17) is 9.52 Å². The standard InChI is InChI=1S/C14H14BrNO4S/c15-14-13(6-10(8-17)20-14)21(18,19)16-12-7-11(12)9-4-2-1-3-5-9/h1-6,11-12,16-17H,7-8H2. The predicted molar refractivity (Wildman–Crippen MR) is 80.2 cm³/mol. The smallest absolute Gasteiger partial charge is 0.245 e. The molecule has 1 aromatic heterocycles. The molecule has 1 aromatic carbocycles. The second-order valence-electron chi connectivity index (χ2n) is 4.99. The molecule has 1 heterocycles. The number of hydrogen-bond acceptors (Lipinski definition) is 4. The molecule has 0 amide bonds. The van der Waals surface area contributed by atoms with Crippen LogP contribution in [0.5, 0.6) is 0 Å². The molecular weight excluding hydrogens is 358 g/mol. The van der Waals surface area contributed by atoms with E-state index in [1.807, 2.05) is 30.3 Å². The van der Waals surface area contributed by atoms with Crippen LogP contribution in [-0.2, 0) is 16.6 Å². The minimum absolute atomic E-state index is 0.0188. The lowest BCUT2D eigenvalue weighted by molar-refractivity contribution is 0.245. The molecule has 0 bridgehead atoms. The average molecular weight is 372 g/mol. The molecule has 0 radical (unpaired) electrons. The Kier molecular flexibility index (Phi) is 3.92. The number of nitrogens with one attached hydrogen (secondary N) is 1. The third kappa shape index (κ3) is 3.06. The zero-order valence-corrected chi connectivity index (χ0v) is 13.4. The second kappa shape index (κ2) is 5.57. The summed E-state index contributed by atoms with van der Waals surface area (Å²) in [6, 6.07) is 11.0. The number of hydrogen-bond donors (Lipinski definition) is 2. The minimum Gasteiger partial charge on any atom is -0.450 e. The molecule has 3 rings (SSSR count). The van der Waals surface area contributed by atoms with Gasteiger partial charge in [-0.25, -0.2) is 13.1 Å². The highest BCUT2D eigenvalue weighted by molar-refractivity contribution is 9.10. The van der Waals surface area contributed by atoms with Crippen LogP contribution in [0.2, 0.25) is 0 Å². The molecule has 0 saturated heterocycles. The highest BCUT2D eigenvalue weighted by Gasteiger charge is 2.41. The Labute approximate surface area is 131 Å². The second-order valence-corrected chi connectivity index (χ2v) is 7.39. The normalized spacial score (nSPS) is 21.4. The fourth-order valence-corrected chi connectivity index (χ4v) is 4.60. The summed E-state index contributed by atoms with van der Waals surface area (Å²) >= 11 is 3.07. The van der Waals surface area contributed by atoms with Crippen LogP contribution in [0.1, 0.15) is 23.7 Å². The van der Waals surface area contributed by atoms with Crippen molar-refractivity contribution in [2.75, 3.05) is 0 Å². The first-order valence-corrected chi connectivity index (χ1v) is 8.75. The zero-order chi connectivity index (χ0) is 15.0. The van der Waals surface area contributed by atoms with Crippen LogP contribution in [0.4, 0.5) is 0 Å². The van der Waals surface area contributed by atoms with E-state index < -0.39 is 10.0 Å². The van der Waals surface area contributed by atoms with Gasteiger partial charge in [-0.2, -0.15) is 0 Å². The molecule has 1 saturated carbocycles. The van der Waals surface area contributed by atoms with Gasteiger partial charge >= 0.3 is 0 Å². The lowest BCUT2D eigenvalue weighted by Gasteiger charge is -2.04. The van der Waals surface area contributed by atoms with Crippen LogP contribution >= 0.6 is 15.9 Å². The first-order valence-electron chi connectivity index (χ1n) is 6.47. The first kappa shape index (κ1) is 14.8. The third-order valence-electron chi connectivity index (χ3n) is 3.48. The maximum absolute atomic E-state index is 12.3. The molecule has 21 heavy (non-hydrogen) atoms. The van der Waals surface area contributed by atoms with Crippen LogP contribution < -0.4 is 4.72 Å². The Morgan fingerprint density at radius 2 is 2.05 bits per heavy atom. The van der Waals surface area contributed by atoms with E-state index in [-0.39, 0.29) is 33.9 Å². The van der Waals surface area contributed by atoms with Crippen molar-refractivity contribution in [1.82, 2.24) is 4.72 Å². The summed E-state index contributed by atoms with van der Waals surface area (Å²) in [5.74, 6) is 0.418. The molecule has 7 heteroatoms. The molecule has 0 aliphatic heterocycles. The van der Waals surface area contributed by atoms with Crippen molar-refractivity contribution in [1.29, 1.82) is 0 Å². The Morgan fingerprint density at radius 3 is 2.67 bits per heavy atom. The van der Waals surface area contributed by atoms with Gasteiger partial charge in [0.2, 0.25) is 10.0 Å². The average Bonchev–Trinajstić information content (AvgIpc) is 3.10. The number of aliphatic hydroxyl groups is 1. The Morgan fingerprint density at radius 1 is 1.33 bits per heavy atom. The maximum Gasteiger partial charge on any atom is 0.245 e. The van der Waals surface area contributed by atoms with Crippen LogP contribution in [0.3, 0.4) is 0 Å². The largest absolute Gasteiger partial charge is 0.450 e. The van der Waals surface area contributed by atoms with Gasteiger partial charge in [-0.15, -0.1) is 0 Å². The van der Waals surface area contributed by atoms with Gasteiger partial charge in [0.25, 0.3) is 0 Å². The summed E-state index contributed by atoms with van der Waals surface area (Å²) in [4.78, 5) is 0.0188. The summed E-state index contributed by atoms with van der Waals surface area (Å²) in [5.41, 5.74) is 1.13. The topological polar surface area (TPSA) is 79.5 Å². The first-order chi connectivity index (χ1) is 10.0. The van der Waals surface area contributed by atoms with E-state index in [9.17, 15) is 8.42 Å². The Balaban J connectivity index is 1.75. The van der Waals surface area contributed by atoms with Gasteiger partial charge < -0.3 is 9.52 Å². The summed E-state index contributed by atoms with van der Waals surface area (Å²) in [6.45, 7) is -0.343. The van der Waals surface area contributed by atoms with E-state index in [1.165, 1.54) is 6.07 Å². The van der Waals surface area contributed by atoms with Gasteiger partial charge in [-0.3, -0.25) is 0 Å². The van der Waals surface area contributed by atoms with Gasteiger partial charge in [0.1, 0.15) is 17.3 Å². The van der Waals surface area contributed by atoms with E-state index in [0.29, 0.717) is 0 Å². The van der Waals surface area contributed by atoms with Crippen LogP contribution in [0.15, 0.2) is 50.4 Å². The van der Waals surface area contributed by atoms with Crippen molar-refractivity contribution < 1.29 is 17.9 Å². The van der Waals surface area contributed by atoms with Crippen molar-refractivity contribution in [3.63, 3.8) is 0 Å². The lowest BCUT2D eigenvalue weighted by atomic mass is 10.1. The fourth-order valence-electron chi connectivity index (χ4n) is 2.32. The molecule has 112 valence electrons. The highest BCUT2D eigenvalue weighted by Crippen LogP contribution is 2.41. The highest BCUT2D eigenvalue weighted by atomic mass is 79.9. The quantitative estimate of drug-likeness (QED) is 0.845. The molecule has 2 unspecified atom stereocenters. The summed E-state index contributed by atoms with van der Waals surface area (Å²) in [5, 5.41) is 9.00. The van der Waals surface area contributed by atoms with E-state index in [2.05, 4.69) is 20.7 Å². The molecule has 1 aliphatic rings. The van der Waals surface area contributed by atoms with Gasteiger partial charge in [-0.1, -0.05) is 30.3 Å². The van der Waals surface area contributed by atoms with E-state index in [0.717, 1.165) is 12.0 Å². The number of aliphatic hydroxyl groups excluding tert-OH is 1. The summed E-state index contributed by atoms with van der Waals surface area (Å²) in [6.07, 6.45) is 0.783. The molecular formula is C14H14BrNO4S. The number of furan rings is 1. The van der Waals surface area contributed by atoms with Crippen molar-refractivity contribution in [2.24, 2.45) is 0 Å². The maximum atomic E-state index is 12.3. The van der Waals surface area contributed by atoms with E-state index >= 15 is 0 Å². The Bertz CT molecular complexity index is 742. The lowest BCUT2D eigenvalue weighted by Crippen LogP contribution is -2.26. The number of halogens is 1. The minimum atomic E-state index is -3.66. The van der Waals surface area contributed by atoms with Crippen molar-refractivity contribution in [3.05, 3.63) is 52.4 Å². The fraction of sp³-hybridized carbons (Fsp3) is 0.286. The van der Waals surface area contributed by atoms with Gasteiger partial charge in [0, 0.05) is 18.0 Å². The molecule has 5 nitrogen and oxygen atoms in total. The van der Waals surface area contributed by atoms with Crippen molar-refractivity contribution in [3.8, 4) is 0 Å². The molecule has 0 spiro atoms. The SMILES string of the molecule is O=S(=O)(NC1CC1c1ccccc1)c1cc(CO)oc1Br. The molecule has 2 N–H and O–H groups in total. The number of sulfonamides is 1. The molecule has 2 aromatic rings. The number of benzene rings is 1. The van der Waals surface area contributed by atoms with E-state index in [1.54, 1.807) is 0 Å². The van der Waals surface area contributed by atoms with Gasteiger partial charge in [0.05, 0.1) is 0 Å². The molecule has 1 fully saturated rings. The van der Waals surface area contributed by atoms with Gasteiger partial charge in [-0.05, 0) is 27.9 Å². The molecule has 1 aliphatic carbocycles. The van der Waals surface area contributed by atoms with Gasteiger partial charge in [0.15, 0.2) is 4.67 Å².